The number of carboxylic acid groups (broad SMARTS) is 6. The predicted octanol–water partition coefficient (Wildman–Crippen LogP) is 3.53. The van der Waals surface area contributed by atoms with Crippen molar-refractivity contribution in [2.75, 3.05) is 0 Å². The zero-order chi connectivity index (χ0) is 37.7. The first-order chi connectivity index (χ1) is 24.0. The second-order valence-electron chi connectivity index (χ2n) is 9.93. The van der Waals surface area contributed by atoms with E-state index < -0.39 is 121 Å². The summed E-state index contributed by atoms with van der Waals surface area (Å²) in [5, 5.41) is 56.1. The highest BCUT2D eigenvalue weighted by Crippen LogP contribution is 2.26. The first kappa shape index (κ1) is 36.0. The number of carbonyl (C=O) groups is 9. The molecule has 0 spiro atoms. The van der Waals surface area contributed by atoms with Gasteiger partial charge in [0.1, 0.15) is 33.9 Å². The van der Waals surface area contributed by atoms with Gasteiger partial charge in [-0.05, 0) is 72.8 Å². The monoisotopic (exact) mass is 702 g/mol. The lowest BCUT2D eigenvalue weighted by Gasteiger charge is -2.13. The van der Waals surface area contributed by atoms with Gasteiger partial charge in [0.2, 0.25) is 0 Å². The Morgan fingerprint density at radius 1 is 0.314 bits per heavy atom. The summed E-state index contributed by atoms with van der Waals surface area (Å²) in [6, 6.07) is 9.66. The van der Waals surface area contributed by atoms with Crippen molar-refractivity contribution >= 4 is 53.7 Å². The fourth-order valence-corrected chi connectivity index (χ4v) is 4.21. The van der Waals surface area contributed by atoms with Crippen molar-refractivity contribution in [1.29, 1.82) is 0 Å². The van der Waals surface area contributed by atoms with E-state index in [1.54, 1.807) is 0 Å². The van der Waals surface area contributed by atoms with Crippen LogP contribution in [0.2, 0.25) is 0 Å². The second-order valence-corrected chi connectivity index (χ2v) is 9.93. The highest BCUT2D eigenvalue weighted by molar-refractivity contribution is 6.04. The zero-order valence-corrected chi connectivity index (χ0v) is 25.0. The van der Waals surface area contributed by atoms with Crippen LogP contribution in [0.15, 0.2) is 72.8 Å². The Labute approximate surface area is 281 Å². The van der Waals surface area contributed by atoms with Gasteiger partial charge in [-0.2, -0.15) is 0 Å². The molecular formula is C33H18O18. The summed E-state index contributed by atoms with van der Waals surface area (Å²) in [6.45, 7) is 0. The van der Waals surface area contributed by atoms with Gasteiger partial charge in [0.05, 0.1) is 33.4 Å². The van der Waals surface area contributed by atoms with Crippen molar-refractivity contribution < 1.29 is 88.0 Å². The van der Waals surface area contributed by atoms with Gasteiger partial charge < -0.3 is 44.8 Å². The predicted molar refractivity (Wildman–Crippen MR) is 162 cm³/mol. The molecule has 0 amide bonds. The third-order valence-electron chi connectivity index (χ3n) is 6.62. The molecule has 0 heterocycles. The Kier molecular flexibility index (Phi) is 10.2. The smallest absolute Gasteiger partial charge is 0.343 e. The Hall–Kier alpha value is -7.89. The number of ether oxygens (including phenoxy) is 3. The minimum atomic E-state index is -1.70. The molecule has 0 aliphatic carbocycles. The maximum absolute atomic E-state index is 13.3. The summed E-state index contributed by atoms with van der Waals surface area (Å²) in [4.78, 5) is 109. The molecule has 0 bridgehead atoms. The van der Waals surface area contributed by atoms with Gasteiger partial charge in [0.25, 0.3) is 0 Å². The maximum atomic E-state index is 13.3. The largest absolute Gasteiger partial charge is 0.478 e. The number of carbonyl (C=O) groups excluding carboxylic acids is 3. The van der Waals surface area contributed by atoms with E-state index >= 15 is 0 Å². The molecule has 0 unspecified atom stereocenters. The SMILES string of the molecule is O=C(O)c1ccc(OC(=O)c2cc(C(=O)Oc3ccc(C(=O)O)cc3C(=O)O)cc(C(=O)Oc3ccc(C(=O)O)cc3C(=O)O)c2)c(C(=O)O)c1. The van der Waals surface area contributed by atoms with Crippen LogP contribution >= 0.6 is 0 Å². The molecule has 0 aliphatic heterocycles. The van der Waals surface area contributed by atoms with Gasteiger partial charge in [-0.1, -0.05) is 0 Å². The van der Waals surface area contributed by atoms with Gasteiger partial charge in [-0.3, -0.25) is 0 Å². The second kappa shape index (κ2) is 14.5. The van der Waals surface area contributed by atoms with Crippen LogP contribution in [0, 0.1) is 0 Å². The van der Waals surface area contributed by atoms with Crippen molar-refractivity contribution in [2.24, 2.45) is 0 Å². The molecule has 0 saturated heterocycles. The molecule has 18 nitrogen and oxygen atoms in total. The molecule has 0 fully saturated rings. The number of esters is 3. The fraction of sp³-hybridized carbons (Fsp3) is 0. The van der Waals surface area contributed by atoms with Crippen LogP contribution in [-0.4, -0.2) is 84.4 Å². The lowest BCUT2D eigenvalue weighted by Crippen LogP contribution is -2.18. The van der Waals surface area contributed by atoms with Crippen molar-refractivity contribution in [2.45, 2.75) is 0 Å². The first-order valence-corrected chi connectivity index (χ1v) is 13.6. The molecule has 18 heteroatoms. The van der Waals surface area contributed by atoms with Crippen LogP contribution in [0.5, 0.6) is 17.2 Å². The molecule has 51 heavy (non-hydrogen) atoms. The molecule has 0 radical (unpaired) electrons. The highest BCUT2D eigenvalue weighted by atomic mass is 16.5. The van der Waals surface area contributed by atoms with Gasteiger partial charge in [-0.25, -0.2) is 43.2 Å². The summed E-state index contributed by atoms with van der Waals surface area (Å²) in [5.41, 5.74) is -5.75. The van der Waals surface area contributed by atoms with Crippen LogP contribution < -0.4 is 14.2 Å². The average molecular weight is 702 g/mol. The van der Waals surface area contributed by atoms with Crippen LogP contribution in [0.25, 0.3) is 0 Å². The number of aromatic carboxylic acids is 6. The minimum Gasteiger partial charge on any atom is -0.478 e. The Morgan fingerprint density at radius 3 is 0.745 bits per heavy atom. The standard InChI is InChI=1S/C33H18O18/c34-25(35)13-1-4-22(19(10-13)28(40)41)49-31(46)16-7-17(32(47)50-23-5-2-14(26(36)37)11-20(23)29(42)43)9-18(8-16)33(48)51-24-6-3-15(27(38)39)12-21(24)30(44)45/h1-12H,(H,34,35)(H,36,37)(H,38,39)(H,40,41)(H,42,43)(H,44,45). The van der Waals surface area contributed by atoms with Gasteiger partial charge in [0, 0.05) is 0 Å². The van der Waals surface area contributed by atoms with E-state index in [-0.39, 0.29) is 0 Å². The minimum absolute atomic E-state index is 0.476. The van der Waals surface area contributed by atoms with E-state index in [1.807, 2.05) is 0 Å². The topological polar surface area (TPSA) is 303 Å². The van der Waals surface area contributed by atoms with Crippen LogP contribution in [0.4, 0.5) is 0 Å². The van der Waals surface area contributed by atoms with E-state index in [2.05, 4.69) is 0 Å². The Balaban J connectivity index is 1.79. The summed E-state index contributed by atoms with van der Waals surface area (Å²) in [7, 11) is 0. The molecule has 0 aliphatic rings. The van der Waals surface area contributed by atoms with E-state index in [4.69, 9.17) is 14.2 Å². The average Bonchev–Trinajstić information content (AvgIpc) is 3.07. The number of benzene rings is 4. The highest BCUT2D eigenvalue weighted by Gasteiger charge is 2.25. The summed E-state index contributed by atoms with van der Waals surface area (Å²) in [5.74, 6) is -15.9. The van der Waals surface area contributed by atoms with Gasteiger partial charge in [0.15, 0.2) is 0 Å². The lowest BCUT2D eigenvalue weighted by molar-refractivity contribution is 0.0659. The molecular weight excluding hydrogens is 684 g/mol. The molecule has 0 aromatic heterocycles. The maximum Gasteiger partial charge on any atom is 0.343 e. The van der Waals surface area contributed by atoms with Crippen molar-refractivity contribution in [3.8, 4) is 17.2 Å². The van der Waals surface area contributed by atoms with E-state index in [0.29, 0.717) is 18.2 Å². The van der Waals surface area contributed by atoms with E-state index in [9.17, 15) is 73.8 Å². The summed E-state index contributed by atoms with van der Waals surface area (Å²) in [6.07, 6.45) is 0. The third kappa shape index (κ3) is 8.16. The third-order valence-corrected chi connectivity index (χ3v) is 6.62. The zero-order valence-electron chi connectivity index (χ0n) is 25.0. The quantitative estimate of drug-likeness (QED) is 0.0908. The van der Waals surface area contributed by atoms with Crippen molar-refractivity contribution in [3.63, 3.8) is 0 Å². The molecule has 0 saturated carbocycles. The molecule has 4 rings (SSSR count). The normalized spacial score (nSPS) is 10.4. The van der Waals surface area contributed by atoms with Gasteiger partial charge in [-0.15, -0.1) is 0 Å². The van der Waals surface area contributed by atoms with Gasteiger partial charge >= 0.3 is 53.7 Å². The lowest BCUT2D eigenvalue weighted by atomic mass is 10.0. The first-order valence-electron chi connectivity index (χ1n) is 13.6. The number of hydrogen-bond acceptors (Lipinski definition) is 12. The van der Waals surface area contributed by atoms with Crippen LogP contribution in [0.1, 0.15) is 93.2 Å². The number of carboxylic acids is 6. The molecule has 6 N–H and O–H groups in total. The van der Waals surface area contributed by atoms with E-state index in [0.717, 1.165) is 54.6 Å². The molecule has 0 atom stereocenters. The number of hydrogen-bond donors (Lipinski definition) is 6. The molecule has 258 valence electrons. The van der Waals surface area contributed by atoms with Crippen LogP contribution in [-0.2, 0) is 0 Å². The summed E-state index contributed by atoms with van der Waals surface area (Å²) < 4.78 is 15.4. The Morgan fingerprint density at radius 2 is 0.549 bits per heavy atom. The van der Waals surface area contributed by atoms with E-state index in [1.165, 1.54) is 0 Å². The molecule has 4 aromatic rings. The Bertz CT molecular complexity index is 1950. The van der Waals surface area contributed by atoms with Crippen molar-refractivity contribution in [1.82, 2.24) is 0 Å². The fourth-order valence-electron chi connectivity index (χ4n) is 4.21. The van der Waals surface area contributed by atoms with Crippen molar-refractivity contribution in [3.05, 3.63) is 123 Å². The number of rotatable bonds is 12. The van der Waals surface area contributed by atoms with Crippen LogP contribution in [0.3, 0.4) is 0 Å². The molecule has 4 aromatic carbocycles. The summed E-state index contributed by atoms with van der Waals surface area (Å²) >= 11 is 0.